The molecule has 5 rings (SSSR count). The van der Waals surface area contributed by atoms with Crippen LogP contribution in [-0.4, -0.2) is 33.3 Å². The standard InChI is InChI=1S/C19H14FN5O4S/c20-13-4-2-1-3-11(13)8-25-17(14-5-6-29-24-14)7-15(23-25)18-21-16-10-30(27,28)9-12(16)19(26)22-18/h1-7H,8-10H2,(H,21,22,26). The van der Waals surface area contributed by atoms with E-state index in [0.717, 1.165) is 0 Å². The first kappa shape index (κ1) is 18.4. The summed E-state index contributed by atoms with van der Waals surface area (Å²) in [5, 5.41) is 8.37. The van der Waals surface area contributed by atoms with Crippen molar-refractivity contribution in [1.82, 2.24) is 24.9 Å². The second kappa shape index (κ2) is 6.73. The van der Waals surface area contributed by atoms with Gasteiger partial charge < -0.3 is 9.51 Å². The number of fused-ring (bicyclic) bond motifs is 1. The van der Waals surface area contributed by atoms with Crippen molar-refractivity contribution in [2.75, 3.05) is 0 Å². The van der Waals surface area contributed by atoms with Gasteiger partial charge >= 0.3 is 0 Å². The number of nitrogens with one attached hydrogen (secondary N) is 1. The molecule has 1 aliphatic heterocycles. The normalized spacial score (nSPS) is 14.7. The van der Waals surface area contributed by atoms with Crippen LogP contribution < -0.4 is 5.56 Å². The lowest BCUT2D eigenvalue weighted by molar-refractivity contribution is 0.421. The molecule has 0 fully saturated rings. The van der Waals surface area contributed by atoms with Crippen LogP contribution in [0.15, 0.2) is 52.0 Å². The number of H-pyrrole nitrogens is 1. The average molecular weight is 427 g/mol. The Bertz CT molecular complexity index is 1420. The fourth-order valence-corrected chi connectivity index (χ4v) is 4.90. The zero-order valence-corrected chi connectivity index (χ0v) is 16.2. The number of hydrogen-bond donors (Lipinski definition) is 1. The Labute approximate surface area is 169 Å². The molecule has 1 N–H and O–H groups in total. The van der Waals surface area contributed by atoms with Crippen molar-refractivity contribution in [3.05, 3.63) is 75.7 Å². The zero-order valence-electron chi connectivity index (χ0n) is 15.4. The summed E-state index contributed by atoms with van der Waals surface area (Å²) in [6, 6.07) is 9.58. The third kappa shape index (κ3) is 3.22. The van der Waals surface area contributed by atoms with E-state index in [4.69, 9.17) is 4.52 Å². The van der Waals surface area contributed by atoms with E-state index in [2.05, 4.69) is 20.2 Å². The number of halogens is 1. The van der Waals surface area contributed by atoms with Gasteiger partial charge in [0.05, 0.1) is 35.0 Å². The highest BCUT2D eigenvalue weighted by Crippen LogP contribution is 2.26. The molecule has 11 heteroatoms. The van der Waals surface area contributed by atoms with Crippen LogP contribution in [0.4, 0.5) is 4.39 Å². The maximum atomic E-state index is 14.2. The molecule has 30 heavy (non-hydrogen) atoms. The monoisotopic (exact) mass is 427 g/mol. The van der Waals surface area contributed by atoms with Gasteiger partial charge in [-0.15, -0.1) is 0 Å². The van der Waals surface area contributed by atoms with E-state index in [-0.39, 0.29) is 40.9 Å². The fraction of sp³-hybridized carbons (Fsp3) is 0.158. The summed E-state index contributed by atoms with van der Waals surface area (Å²) < 4.78 is 44.3. The van der Waals surface area contributed by atoms with E-state index < -0.39 is 15.4 Å². The number of nitrogens with zero attached hydrogens (tertiary/aromatic N) is 4. The SMILES string of the molecule is O=c1[nH]c(-c2cc(-c3ccon3)n(Cc3ccccc3F)n2)nc2c1CS(=O)(=O)C2. The molecule has 0 amide bonds. The molecule has 0 bridgehead atoms. The van der Waals surface area contributed by atoms with E-state index >= 15 is 0 Å². The van der Waals surface area contributed by atoms with Gasteiger partial charge in [0, 0.05) is 11.6 Å². The first-order valence-electron chi connectivity index (χ1n) is 8.94. The molecule has 0 aliphatic carbocycles. The van der Waals surface area contributed by atoms with Gasteiger partial charge in [-0.25, -0.2) is 17.8 Å². The number of aromatic amines is 1. The van der Waals surface area contributed by atoms with Gasteiger partial charge in [-0.05, 0) is 12.1 Å². The quantitative estimate of drug-likeness (QED) is 0.527. The third-order valence-electron chi connectivity index (χ3n) is 4.82. The van der Waals surface area contributed by atoms with Crippen LogP contribution in [0.5, 0.6) is 0 Å². The zero-order chi connectivity index (χ0) is 20.9. The van der Waals surface area contributed by atoms with E-state index in [0.29, 0.717) is 22.6 Å². The van der Waals surface area contributed by atoms with Crippen LogP contribution in [-0.2, 0) is 27.9 Å². The average Bonchev–Trinajstić information content (AvgIpc) is 3.41. The molecule has 0 saturated carbocycles. The Morgan fingerprint density at radius 3 is 2.77 bits per heavy atom. The molecule has 9 nitrogen and oxygen atoms in total. The molecule has 4 aromatic rings. The number of benzene rings is 1. The first-order valence-corrected chi connectivity index (χ1v) is 10.8. The number of sulfone groups is 1. The smallest absolute Gasteiger partial charge is 0.255 e. The van der Waals surface area contributed by atoms with Crippen molar-refractivity contribution in [3.63, 3.8) is 0 Å². The Morgan fingerprint density at radius 2 is 2.00 bits per heavy atom. The van der Waals surface area contributed by atoms with E-state index in [1.807, 2.05) is 0 Å². The van der Waals surface area contributed by atoms with Crippen LogP contribution in [0.1, 0.15) is 16.8 Å². The van der Waals surface area contributed by atoms with E-state index in [1.165, 1.54) is 17.0 Å². The summed E-state index contributed by atoms with van der Waals surface area (Å²) in [5.41, 5.74) is 1.57. The highest BCUT2D eigenvalue weighted by atomic mass is 32.2. The number of aromatic nitrogens is 5. The Hall–Kier alpha value is -3.60. The first-order chi connectivity index (χ1) is 14.4. The molecule has 0 atom stereocenters. The summed E-state index contributed by atoms with van der Waals surface area (Å²) in [6.45, 7) is 0.110. The molecule has 0 saturated heterocycles. The Kier molecular flexibility index (Phi) is 4.13. The van der Waals surface area contributed by atoms with E-state index in [9.17, 15) is 17.6 Å². The maximum Gasteiger partial charge on any atom is 0.255 e. The van der Waals surface area contributed by atoms with Gasteiger partial charge in [0.15, 0.2) is 15.7 Å². The summed E-state index contributed by atoms with van der Waals surface area (Å²) in [5.74, 6) is -0.856. The summed E-state index contributed by atoms with van der Waals surface area (Å²) in [7, 11) is -3.38. The van der Waals surface area contributed by atoms with Gasteiger partial charge in [0.2, 0.25) is 0 Å². The van der Waals surface area contributed by atoms with Crippen molar-refractivity contribution in [2.24, 2.45) is 0 Å². The maximum absolute atomic E-state index is 14.2. The molecule has 0 unspecified atom stereocenters. The molecule has 4 heterocycles. The highest BCUT2D eigenvalue weighted by Gasteiger charge is 2.30. The van der Waals surface area contributed by atoms with Crippen molar-refractivity contribution in [2.45, 2.75) is 18.1 Å². The van der Waals surface area contributed by atoms with Crippen LogP contribution in [0, 0.1) is 5.82 Å². The van der Waals surface area contributed by atoms with Crippen molar-refractivity contribution >= 4 is 9.84 Å². The van der Waals surface area contributed by atoms with Gasteiger partial charge in [-0.2, -0.15) is 5.10 Å². The Morgan fingerprint density at radius 1 is 1.17 bits per heavy atom. The molecular weight excluding hydrogens is 413 g/mol. The molecular formula is C19H14FN5O4S. The molecule has 1 aromatic carbocycles. The highest BCUT2D eigenvalue weighted by molar-refractivity contribution is 7.90. The van der Waals surface area contributed by atoms with Gasteiger partial charge in [0.1, 0.15) is 23.5 Å². The largest absolute Gasteiger partial charge is 0.364 e. The number of hydrogen-bond acceptors (Lipinski definition) is 7. The van der Waals surface area contributed by atoms with E-state index in [1.54, 1.807) is 30.3 Å². The lowest BCUT2D eigenvalue weighted by atomic mass is 10.2. The molecule has 3 aromatic heterocycles. The predicted molar refractivity (Wildman–Crippen MR) is 103 cm³/mol. The van der Waals surface area contributed by atoms with Crippen LogP contribution in [0.25, 0.3) is 22.9 Å². The summed E-state index contributed by atoms with van der Waals surface area (Å²) in [6.07, 6.45) is 1.40. The van der Waals surface area contributed by atoms with Gasteiger partial charge in [-0.3, -0.25) is 9.48 Å². The number of rotatable bonds is 4. The minimum atomic E-state index is -3.38. The summed E-state index contributed by atoms with van der Waals surface area (Å²) in [4.78, 5) is 19.3. The lowest BCUT2D eigenvalue weighted by Crippen LogP contribution is -2.15. The Balaban J connectivity index is 1.62. The van der Waals surface area contributed by atoms with Crippen molar-refractivity contribution in [3.8, 4) is 22.9 Å². The second-order valence-corrected chi connectivity index (χ2v) is 8.99. The van der Waals surface area contributed by atoms with Crippen LogP contribution in [0.3, 0.4) is 0 Å². The minimum absolute atomic E-state index is 0.110. The minimum Gasteiger partial charge on any atom is -0.364 e. The molecule has 0 spiro atoms. The topological polar surface area (TPSA) is 124 Å². The lowest BCUT2D eigenvalue weighted by Gasteiger charge is -2.06. The van der Waals surface area contributed by atoms with Crippen molar-refractivity contribution < 1.29 is 17.3 Å². The third-order valence-corrected chi connectivity index (χ3v) is 6.26. The van der Waals surface area contributed by atoms with Crippen molar-refractivity contribution in [1.29, 1.82) is 0 Å². The van der Waals surface area contributed by atoms with Gasteiger partial charge in [-0.1, -0.05) is 23.4 Å². The molecule has 0 radical (unpaired) electrons. The van der Waals surface area contributed by atoms with Crippen LogP contribution >= 0.6 is 0 Å². The molecule has 1 aliphatic rings. The fourth-order valence-electron chi connectivity index (χ4n) is 3.41. The summed E-state index contributed by atoms with van der Waals surface area (Å²) >= 11 is 0. The molecule has 152 valence electrons. The predicted octanol–water partition coefficient (Wildman–Crippen LogP) is 1.90. The van der Waals surface area contributed by atoms with Gasteiger partial charge in [0.25, 0.3) is 5.56 Å². The van der Waals surface area contributed by atoms with Crippen LogP contribution in [0.2, 0.25) is 0 Å². The second-order valence-electron chi connectivity index (χ2n) is 6.92.